The first-order valence-corrected chi connectivity index (χ1v) is 5.40. The van der Waals surface area contributed by atoms with Crippen LogP contribution in [0.5, 0.6) is 0 Å². The van der Waals surface area contributed by atoms with Crippen LogP contribution in [-0.4, -0.2) is 38.2 Å². The van der Waals surface area contributed by atoms with Crippen molar-refractivity contribution >= 4 is 24.8 Å². The van der Waals surface area contributed by atoms with Gasteiger partial charge in [0, 0.05) is 0 Å². The van der Waals surface area contributed by atoms with Crippen LogP contribution < -0.4 is 10.8 Å². The molecule has 1 radical (unpaired) electrons. The van der Waals surface area contributed by atoms with E-state index in [-0.39, 0.29) is 13.3 Å². The number of ether oxygens (including phenoxy) is 1. The average Bonchev–Trinajstić information content (AvgIpc) is 2.70. The van der Waals surface area contributed by atoms with E-state index in [9.17, 15) is 4.79 Å². The lowest BCUT2D eigenvalue weighted by Crippen LogP contribution is -2.26. The monoisotopic (exact) mass is 230 g/mol. The van der Waals surface area contributed by atoms with Gasteiger partial charge in [-0.3, -0.25) is 10.1 Å². The van der Waals surface area contributed by atoms with E-state index in [1.54, 1.807) is 0 Å². The van der Waals surface area contributed by atoms with Gasteiger partial charge in [-0.1, -0.05) is 41.3 Å². The number of fused-ring (bicyclic) bond motifs is 1. The van der Waals surface area contributed by atoms with E-state index in [1.807, 2.05) is 12.1 Å². The van der Waals surface area contributed by atoms with E-state index in [1.165, 1.54) is 11.0 Å². The summed E-state index contributed by atoms with van der Waals surface area (Å²) in [5, 5.41) is 11.1. The molecule has 1 aromatic carbocycles. The molecule has 0 bridgehead atoms. The predicted molar refractivity (Wildman–Crippen MR) is 66.3 cm³/mol. The zero-order valence-electron chi connectivity index (χ0n) is 9.35. The SMILES string of the molecule is O=C(O)CNCOCC1=Cc2ccccc2[B]1. The molecular formula is C12H13BNO3. The van der Waals surface area contributed by atoms with Crippen molar-refractivity contribution in [2.24, 2.45) is 0 Å². The van der Waals surface area contributed by atoms with Gasteiger partial charge in [0.25, 0.3) is 0 Å². The quantitative estimate of drug-likeness (QED) is 0.411. The molecule has 87 valence electrons. The summed E-state index contributed by atoms with van der Waals surface area (Å²) in [5.41, 5.74) is 3.50. The largest absolute Gasteiger partial charge is 0.480 e. The second-order valence-corrected chi connectivity index (χ2v) is 3.81. The summed E-state index contributed by atoms with van der Waals surface area (Å²) in [5.74, 6) is -0.882. The second-order valence-electron chi connectivity index (χ2n) is 3.81. The molecule has 0 unspecified atom stereocenters. The minimum atomic E-state index is -0.882. The van der Waals surface area contributed by atoms with Crippen molar-refractivity contribution in [3.05, 3.63) is 35.3 Å². The van der Waals surface area contributed by atoms with Gasteiger partial charge >= 0.3 is 5.97 Å². The summed E-state index contributed by atoms with van der Waals surface area (Å²) in [7, 11) is 2.08. The van der Waals surface area contributed by atoms with E-state index < -0.39 is 5.97 Å². The summed E-state index contributed by atoms with van der Waals surface area (Å²) < 4.78 is 5.33. The number of hydrogen-bond acceptors (Lipinski definition) is 3. The van der Waals surface area contributed by atoms with Crippen LogP contribution in [0.3, 0.4) is 0 Å². The van der Waals surface area contributed by atoms with Gasteiger partial charge in [-0.15, -0.1) is 0 Å². The molecule has 0 fully saturated rings. The highest BCUT2D eigenvalue weighted by Gasteiger charge is 2.12. The first-order valence-electron chi connectivity index (χ1n) is 5.40. The van der Waals surface area contributed by atoms with E-state index in [4.69, 9.17) is 9.84 Å². The van der Waals surface area contributed by atoms with Gasteiger partial charge in [-0.2, -0.15) is 0 Å². The summed E-state index contributed by atoms with van der Waals surface area (Å²) in [6.45, 7) is 0.651. The van der Waals surface area contributed by atoms with Gasteiger partial charge in [0.15, 0.2) is 7.28 Å². The minimum Gasteiger partial charge on any atom is -0.480 e. The Bertz CT molecular complexity index is 445. The molecule has 0 aliphatic carbocycles. The molecule has 1 aromatic rings. The first kappa shape index (κ1) is 11.9. The van der Waals surface area contributed by atoms with Crippen LogP contribution in [-0.2, 0) is 9.53 Å². The minimum absolute atomic E-state index is 0.0804. The molecule has 0 amide bonds. The maximum atomic E-state index is 10.2. The van der Waals surface area contributed by atoms with Crippen LogP contribution in [0.25, 0.3) is 6.08 Å². The number of aliphatic carboxylic acids is 1. The third kappa shape index (κ3) is 3.44. The molecule has 2 rings (SSSR count). The Hall–Kier alpha value is -1.59. The Morgan fingerprint density at radius 1 is 1.41 bits per heavy atom. The fourth-order valence-electron chi connectivity index (χ4n) is 1.70. The molecule has 1 aliphatic rings. The Morgan fingerprint density at radius 2 is 2.24 bits per heavy atom. The van der Waals surface area contributed by atoms with E-state index in [0.29, 0.717) is 6.61 Å². The Balaban J connectivity index is 1.71. The van der Waals surface area contributed by atoms with Crippen molar-refractivity contribution in [2.45, 2.75) is 0 Å². The molecule has 0 saturated heterocycles. The molecule has 0 saturated carbocycles. The number of carboxylic acids is 1. The molecular weight excluding hydrogens is 217 g/mol. The first-order chi connectivity index (χ1) is 8.25. The van der Waals surface area contributed by atoms with Gasteiger partial charge in [0.05, 0.1) is 19.9 Å². The Morgan fingerprint density at radius 3 is 3.00 bits per heavy atom. The maximum absolute atomic E-state index is 10.2. The van der Waals surface area contributed by atoms with E-state index in [2.05, 4.69) is 30.8 Å². The maximum Gasteiger partial charge on any atom is 0.317 e. The topological polar surface area (TPSA) is 58.6 Å². The van der Waals surface area contributed by atoms with Gasteiger partial charge in [0.1, 0.15) is 0 Å². The highest BCUT2D eigenvalue weighted by atomic mass is 16.5. The normalized spacial score (nSPS) is 12.8. The van der Waals surface area contributed by atoms with Crippen LogP contribution in [0.4, 0.5) is 0 Å². The number of hydrogen-bond donors (Lipinski definition) is 2. The molecule has 2 N–H and O–H groups in total. The molecule has 1 aliphatic heterocycles. The number of benzene rings is 1. The highest BCUT2D eigenvalue weighted by molar-refractivity contribution is 6.65. The molecule has 17 heavy (non-hydrogen) atoms. The fourth-order valence-corrected chi connectivity index (χ4v) is 1.70. The summed E-state index contributed by atoms with van der Waals surface area (Å²) >= 11 is 0. The van der Waals surface area contributed by atoms with Crippen molar-refractivity contribution in [1.82, 2.24) is 5.32 Å². The molecule has 4 nitrogen and oxygen atoms in total. The van der Waals surface area contributed by atoms with Crippen LogP contribution >= 0.6 is 0 Å². The van der Waals surface area contributed by atoms with E-state index >= 15 is 0 Å². The number of carbonyl (C=O) groups is 1. The van der Waals surface area contributed by atoms with Crippen molar-refractivity contribution in [3.63, 3.8) is 0 Å². The Labute approximate surface area is 101 Å². The third-order valence-electron chi connectivity index (χ3n) is 2.43. The predicted octanol–water partition coefficient (Wildman–Crippen LogP) is 0.0189. The van der Waals surface area contributed by atoms with E-state index in [0.717, 1.165) is 5.47 Å². The zero-order chi connectivity index (χ0) is 12.1. The average molecular weight is 230 g/mol. The van der Waals surface area contributed by atoms with Crippen LogP contribution in [0, 0.1) is 0 Å². The lowest BCUT2D eigenvalue weighted by atomic mass is 9.67. The summed E-state index contributed by atoms with van der Waals surface area (Å²) in [6.07, 6.45) is 2.08. The molecule has 1 heterocycles. The van der Waals surface area contributed by atoms with Crippen LogP contribution in [0.1, 0.15) is 5.56 Å². The number of rotatable bonds is 6. The highest BCUT2D eigenvalue weighted by Crippen LogP contribution is 2.11. The van der Waals surface area contributed by atoms with Crippen molar-refractivity contribution in [2.75, 3.05) is 19.9 Å². The Kier molecular flexibility index (Phi) is 3.96. The third-order valence-corrected chi connectivity index (χ3v) is 2.43. The van der Waals surface area contributed by atoms with Crippen molar-refractivity contribution in [3.8, 4) is 0 Å². The fraction of sp³-hybridized carbons (Fsp3) is 0.250. The summed E-state index contributed by atoms with van der Waals surface area (Å²) in [4.78, 5) is 10.2. The van der Waals surface area contributed by atoms with Crippen LogP contribution in [0.2, 0.25) is 0 Å². The zero-order valence-corrected chi connectivity index (χ0v) is 9.35. The van der Waals surface area contributed by atoms with Crippen LogP contribution in [0.15, 0.2) is 29.7 Å². The van der Waals surface area contributed by atoms with Gasteiger partial charge in [0.2, 0.25) is 0 Å². The molecule has 0 aromatic heterocycles. The molecule has 0 atom stereocenters. The van der Waals surface area contributed by atoms with Gasteiger partial charge < -0.3 is 9.84 Å². The summed E-state index contributed by atoms with van der Waals surface area (Å²) in [6, 6.07) is 8.12. The second kappa shape index (κ2) is 5.66. The smallest absolute Gasteiger partial charge is 0.317 e. The van der Waals surface area contributed by atoms with Crippen molar-refractivity contribution in [1.29, 1.82) is 0 Å². The van der Waals surface area contributed by atoms with Gasteiger partial charge in [-0.25, -0.2) is 0 Å². The van der Waals surface area contributed by atoms with Crippen molar-refractivity contribution < 1.29 is 14.6 Å². The molecule has 0 spiro atoms. The lowest BCUT2D eigenvalue weighted by molar-refractivity contribution is -0.136. The van der Waals surface area contributed by atoms with Gasteiger partial charge in [-0.05, 0) is 5.56 Å². The standard InChI is InChI=1S/C12H13BNO3/c15-12(16)6-14-8-17-7-10-5-9-3-1-2-4-11(9)13-10/h1-5,14H,6-8H2,(H,15,16). The lowest BCUT2D eigenvalue weighted by Gasteiger charge is -2.04. The molecule has 5 heteroatoms. The number of nitrogens with one attached hydrogen (secondary N) is 1. The number of carboxylic acid groups (broad SMARTS) is 1.